The maximum Gasteiger partial charge on any atom is 0.0461 e. The summed E-state index contributed by atoms with van der Waals surface area (Å²) in [6.45, 7) is 10.0. The van der Waals surface area contributed by atoms with Gasteiger partial charge in [0, 0.05) is 17.1 Å². The zero-order chi connectivity index (χ0) is 14.8. The van der Waals surface area contributed by atoms with Crippen molar-refractivity contribution in [2.75, 3.05) is 4.90 Å². The fourth-order valence-corrected chi connectivity index (χ4v) is 1.92. The molecule has 0 aromatic heterocycles. The Hall–Kier alpha value is -2.28. The van der Waals surface area contributed by atoms with Crippen LogP contribution >= 0.6 is 0 Å². The van der Waals surface area contributed by atoms with E-state index in [2.05, 4.69) is 41.8 Å². The molecule has 0 N–H and O–H groups in total. The Labute approximate surface area is 122 Å². The lowest BCUT2D eigenvalue weighted by Gasteiger charge is -2.27. The van der Waals surface area contributed by atoms with Crippen LogP contribution in [0.2, 0.25) is 0 Å². The zero-order valence-corrected chi connectivity index (χ0v) is 12.6. The molecule has 0 aliphatic carbocycles. The monoisotopic (exact) mass is 265 g/mol. The Kier molecular flexibility index (Phi) is 6.91. The van der Waals surface area contributed by atoms with Crippen molar-refractivity contribution in [1.82, 2.24) is 0 Å². The van der Waals surface area contributed by atoms with Gasteiger partial charge in [0.1, 0.15) is 0 Å². The van der Waals surface area contributed by atoms with Gasteiger partial charge in [0.05, 0.1) is 0 Å². The molecule has 1 rings (SSSR count). The van der Waals surface area contributed by atoms with Crippen LogP contribution in [0, 0.1) is 0 Å². The number of benzene rings is 1. The van der Waals surface area contributed by atoms with E-state index in [1.807, 2.05) is 63.3 Å². The van der Waals surface area contributed by atoms with Crippen LogP contribution in [0.25, 0.3) is 0 Å². The number of anilines is 1. The number of hydrogen-bond donors (Lipinski definition) is 0. The van der Waals surface area contributed by atoms with Gasteiger partial charge in [-0.1, -0.05) is 49.1 Å². The molecule has 0 fully saturated rings. The Bertz CT molecular complexity index is 530. The molecule has 0 unspecified atom stereocenters. The molecule has 0 aliphatic rings. The minimum absolute atomic E-state index is 1.04. The predicted molar refractivity (Wildman–Crippen MR) is 90.6 cm³/mol. The maximum atomic E-state index is 3.94. The molecule has 1 aromatic rings. The molecule has 104 valence electrons. The molecule has 0 saturated heterocycles. The first-order valence-corrected chi connectivity index (χ1v) is 6.88. The largest absolute Gasteiger partial charge is 0.311 e. The lowest BCUT2D eigenvalue weighted by Crippen LogP contribution is -2.19. The summed E-state index contributed by atoms with van der Waals surface area (Å²) in [6, 6.07) is 10.3. The SMILES string of the molecule is C=C/C(=C\C=C/C)N(C(/C=C\C)=C/C)c1ccccc1. The van der Waals surface area contributed by atoms with Crippen LogP contribution in [-0.4, -0.2) is 0 Å². The fourth-order valence-electron chi connectivity index (χ4n) is 1.92. The van der Waals surface area contributed by atoms with E-state index in [1.54, 1.807) is 0 Å². The summed E-state index contributed by atoms with van der Waals surface area (Å²) >= 11 is 0. The van der Waals surface area contributed by atoms with Crippen molar-refractivity contribution in [3.05, 3.63) is 90.8 Å². The first-order chi connectivity index (χ1) is 9.78. The quantitative estimate of drug-likeness (QED) is 0.603. The van der Waals surface area contributed by atoms with Crippen molar-refractivity contribution in [1.29, 1.82) is 0 Å². The Morgan fingerprint density at radius 2 is 1.70 bits per heavy atom. The third-order valence-electron chi connectivity index (χ3n) is 2.83. The fraction of sp³-hybridized carbons (Fsp3) is 0.158. The lowest BCUT2D eigenvalue weighted by atomic mass is 10.2. The van der Waals surface area contributed by atoms with E-state index < -0.39 is 0 Å². The van der Waals surface area contributed by atoms with Crippen LogP contribution in [0.3, 0.4) is 0 Å². The highest BCUT2D eigenvalue weighted by Crippen LogP contribution is 2.25. The van der Waals surface area contributed by atoms with Gasteiger partial charge >= 0.3 is 0 Å². The van der Waals surface area contributed by atoms with Crippen molar-refractivity contribution in [3.63, 3.8) is 0 Å². The van der Waals surface area contributed by atoms with Crippen molar-refractivity contribution < 1.29 is 0 Å². The van der Waals surface area contributed by atoms with Crippen molar-refractivity contribution in [3.8, 4) is 0 Å². The predicted octanol–water partition coefficient (Wildman–Crippen LogP) is 5.62. The van der Waals surface area contributed by atoms with Gasteiger partial charge in [-0.05, 0) is 51.1 Å². The van der Waals surface area contributed by atoms with Crippen LogP contribution in [-0.2, 0) is 0 Å². The van der Waals surface area contributed by atoms with Crippen molar-refractivity contribution >= 4 is 5.69 Å². The highest BCUT2D eigenvalue weighted by atomic mass is 15.1. The summed E-state index contributed by atoms with van der Waals surface area (Å²) in [5.74, 6) is 0. The van der Waals surface area contributed by atoms with Crippen molar-refractivity contribution in [2.24, 2.45) is 0 Å². The molecular formula is C19H23N. The van der Waals surface area contributed by atoms with E-state index in [-0.39, 0.29) is 0 Å². The van der Waals surface area contributed by atoms with Gasteiger partial charge in [-0.25, -0.2) is 0 Å². The van der Waals surface area contributed by atoms with E-state index in [0.717, 1.165) is 17.1 Å². The van der Waals surface area contributed by atoms with E-state index in [9.17, 15) is 0 Å². The molecule has 0 atom stereocenters. The summed E-state index contributed by atoms with van der Waals surface area (Å²) in [7, 11) is 0. The van der Waals surface area contributed by atoms with Gasteiger partial charge in [-0.15, -0.1) is 0 Å². The molecule has 0 saturated carbocycles. The molecule has 1 aromatic carbocycles. The van der Waals surface area contributed by atoms with Crippen LogP contribution in [0.4, 0.5) is 5.69 Å². The summed E-state index contributed by atoms with van der Waals surface area (Å²) in [6.07, 6.45) is 14.2. The third kappa shape index (κ3) is 4.13. The molecular weight excluding hydrogens is 242 g/mol. The molecule has 20 heavy (non-hydrogen) atoms. The van der Waals surface area contributed by atoms with E-state index >= 15 is 0 Å². The maximum absolute atomic E-state index is 3.94. The van der Waals surface area contributed by atoms with Gasteiger partial charge < -0.3 is 4.90 Å². The summed E-state index contributed by atoms with van der Waals surface area (Å²) in [4.78, 5) is 2.19. The normalized spacial score (nSPS) is 13.2. The number of para-hydroxylation sites is 1. The van der Waals surface area contributed by atoms with Crippen LogP contribution < -0.4 is 4.90 Å². The van der Waals surface area contributed by atoms with Gasteiger partial charge in [0.15, 0.2) is 0 Å². The summed E-state index contributed by atoms with van der Waals surface area (Å²) in [5, 5.41) is 0. The minimum Gasteiger partial charge on any atom is -0.311 e. The first-order valence-electron chi connectivity index (χ1n) is 6.88. The third-order valence-corrected chi connectivity index (χ3v) is 2.83. The lowest BCUT2D eigenvalue weighted by molar-refractivity contribution is 1.13. The second-order valence-corrected chi connectivity index (χ2v) is 4.21. The molecule has 1 nitrogen and oxygen atoms in total. The second-order valence-electron chi connectivity index (χ2n) is 4.21. The van der Waals surface area contributed by atoms with Crippen LogP contribution in [0.1, 0.15) is 20.8 Å². The topological polar surface area (TPSA) is 3.24 Å². The van der Waals surface area contributed by atoms with Crippen LogP contribution in [0.5, 0.6) is 0 Å². The number of allylic oxidation sites excluding steroid dienone is 7. The highest BCUT2D eigenvalue weighted by Gasteiger charge is 2.11. The molecule has 1 heteroatoms. The number of rotatable bonds is 6. The zero-order valence-electron chi connectivity index (χ0n) is 12.6. The molecule has 0 spiro atoms. The molecule has 0 heterocycles. The average molecular weight is 265 g/mol. The standard InChI is InChI=1S/C19H23N/c1-5-9-14-18(8-4)20(17(7-3)13-6-2)19-15-11-10-12-16-19/h5-16H,4H2,1-3H3/b9-5-,13-6-,17-7+,18-14+. The summed E-state index contributed by atoms with van der Waals surface area (Å²) < 4.78 is 0. The minimum atomic E-state index is 1.04. The van der Waals surface area contributed by atoms with Gasteiger partial charge in [0.2, 0.25) is 0 Å². The molecule has 0 bridgehead atoms. The smallest absolute Gasteiger partial charge is 0.0461 e. The second kappa shape index (κ2) is 8.76. The van der Waals surface area contributed by atoms with Crippen LogP contribution in [0.15, 0.2) is 90.8 Å². The number of hydrogen-bond acceptors (Lipinski definition) is 1. The van der Waals surface area contributed by atoms with Gasteiger partial charge in [0.25, 0.3) is 0 Å². The van der Waals surface area contributed by atoms with Crippen molar-refractivity contribution in [2.45, 2.75) is 20.8 Å². The number of nitrogens with zero attached hydrogens (tertiary/aromatic N) is 1. The van der Waals surface area contributed by atoms with E-state index in [1.165, 1.54) is 0 Å². The molecule has 0 aliphatic heterocycles. The first kappa shape index (κ1) is 15.8. The Morgan fingerprint density at radius 1 is 1.00 bits per heavy atom. The molecule has 0 amide bonds. The summed E-state index contributed by atoms with van der Waals surface area (Å²) in [5.41, 5.74) is 3.28. The van der Waals surface area contributed by atoms with Gasteiger partial charge in [-0.2, -0.15) is 0 Å². The van der Waals surface area contributed by atoms with E-state index in [4.69, 9.17) is 0 Å². The van der Waals surface area contributed by atoms with Gasteiger partial charge in [-0.3, -0.25) is 0 Å². The Balaban J connectivity index is 3.37. The van der Waals surface area contributed by atoms with E-state index in [0.29, 0.717) is 0 Å². The average Bonchev–Trinajstić information content (AvgIpc) is 2.50. The molecule has 0 radical (unpaired) electrons. The highest BCUT2D eigenvalue weighted by molar-refractivity contribution is 5.62. The Morgan fingerprint density at radius 3 is 2.20 bits per heavy atom.